The highest BCUT2D eigenvalue weighted by Crippen LogP contribution is 2.30. The molecule has 37 heavy (non-hydrogen) atoms. The molecule has 2 aromatic rings. The molecule has 14 heteroatoms. The molecule has 0 bridgehead atoms. The Bertz CT molecular complexity index is 1180. The lowest BCUT2D eigenvalue weighted by molar-refractivity contribution is -0.192. The van der Waals surface area contributed by atoms with Crippen LogP contribution in [0.1, 0.15) is 24.2 Å². The lowest BCUT2D eigenvalue weighted by Gasteiger charge is -2.31. The number of amides is 1. The molecule has 0 unspecified atom stereocenters. The van der Waals surface area contributed by atoms with Gasteiger partial charge in [-0.25, -0.2) is 13.2 Å². The minimum Gasteiger partial charge on any atom is -0.475 e. The van der Waals surface area contributed by atoms with Gasteiger partial charge in [0.15, 0.2) is 0 Å². The number of piperazine rings is 1. The number of carbonyl (C=O) groups excluding carboxylic acids is 1. The summed E-state index contributed by atoms with van der Waals surface area (Å²) >= 11 is 5.89. The molecule has 0 spiro atoms. The Morgan fingerprint density at radius 3 is 2.11 bits per heavy atom. The third kappa shape index (κ3) is 8.51. The van der Waals surface area contributed by atoms with Crippen LogP contribution in [0.15, 0.2) is 47.4 Å². The fourth-order valence-corrected chi connectivity index (χ4v) is 4.63. The number of carboxylic acid groups (broad SMARTS) is 1. The first kappa shape index (κ1) is 30.2. The molecule has 1 aliphatic heterocycles. The van der Waals surface area contributed by atoms with Crippen molar-refractivity contribution in [1.82, 2.24) is 10.2 Å². The van der Waals surface area contributed by atoms with Gasteiger partial charge in [-0.3, -0.25) is 9.52 Å². The van der Waals surface area contributed by atoms with Crippen LogP contribution in [0.3, 0.4) is 0 Å². The average Bonchev–Trinajstić information content (AvgIpc) is 2.85. The van der Waals surface area contributed by atoms with Crippen molar-refractivity contribution >= 4 is 44.9 Å². The molecule has 2 aromatic carbocycles. The molecule has 9 nitrogen and oxygen atoms in total. The number of halogens is 4. The van der Waals surface area contributed by atoms with Crippen LogP contribution >= 0.6 is 11.6 Å². The second-order valence-electron chi connectivity index (χ2n) is 7.81. The van der Waals surface area contributed by atoms with Gasteiger partial charge in [0.25, 0.3) is 15.9 Å². The van der Waals surface area contributed by atoms with Crippen LogP contribution in [0.5, 0.6) is 0 Å². The number of rotatable bonds is 7. The van der Waals surface area contributed by atoms with E-state index in [1.54, 1.807) is 17.0 Å². The van der Waals surface area contributed by atoms with E-state index in [-0.39, 0.29) is 10.8 Å². The number of carboxylic acids is 1. The third-order valence-electron chi connectivity index (χ3n) is 5.36. The van der Waals surface area contributed by atoms with Gasteiger partial charge in [-0.05, 0) is 56.3 Å². The number of benzene rings is 2. The smallest absolute Gasteiger partial charge is 0.475 e. The van der Waals surface area contributed by atoms with E-state index in [1.807, 2.05) is 19.9 Å². The highest BCUT2D eigenvalue weighted by Gasteiger charge is 2.38. The van der Waals surface area contributed by atoms with E-state index in [0.717, 1.165) is 31.9 Å². The SMILES string of the molecule is CCN(CC)C(=O)c1ccc(N2CCNCC2)c(NS(=O)(=O)c2ccc(Cl)cc2)c1.O=C(O)C(F)(F)F. The predicted octanol–water partition coefficient (Wildman–Crippen LogP) is 3.67. The Morgan fingerprint density at radius 2 is 1.62 bits per heavy atom. The Hall–Kier alpha value is -3.03. The summed E-state index contributed by atoms with van der Waals surface area (Å²) in [5.74, 6) is -2.88. The number of nitrogens with zero attached hydrogens (tertiary/aromatic N) is 2. The predicted molar refractivity (Wildman–Crippen MR) is 135 cm³/mol. The summed E-state index contributed by atoms with van der Waals surface area (Å²) in [6.45, 7) is 8.12. The molecule has 204 valence electrons. The lowest BCUT2D eigenvalue weighted by atomic mass is 10.1. The molecule has 1 heterocycles. The molecule has 0 aromatic heterocycles. The van der Waals surface area contributed by atoms with E-state index in [2.05, 4.69) is 14.9 Å². The first-order valence-electron chi connectivity index (χ1n) is 11.3. The van der Waals surface area contributed by atoms with Crippen LogP contribution in [-0.4, -0.2) is 75.7 Å². The van der Waals surface area contributed by atoms with Crippen LogP contribution in [0.2, 0.25) is 5.02 Å². The van der Waals surface area contributed by atoms with Crippen molar-refractivity contribution in [2.45, 2.75) is 24.9 Å². The minimum absolute atomic E-state index is 0.110. The van der Waals surface area contributed by atoms with Gasteiger partial charge in [-0.15, -0.1) is 0 Å². The first-order chi connectivity index (χ1) is 17.3. The van der Waals surface area contributed by atoms with Crippen molar-refractivity contribution in [2.24, 2.45) is 0 Å². The highest BCUT2D eigenvalue weighted by molar-refractivity contribution is 7.92. The number of sulfonamides is 1. The number of carbonyl (C=O) groups is 2. The van der Waals surface area contributed by atoms with Crippen molar-refractivity contribution in [3.63, 3.8) is 0 Å². The fourth-order valence-electron chi connectivity index (χ4n) is 3.44. The maximum Gasteiger partial charge on any atom is 0.490 e. The van der Waals surface area contributed by atoms with Crippen molar-refractivity contribution in [3.05, 3.63) is 53.1 Å². The van der Waals surface area contributed by atoms with Crippen LogP contribution in [0.25, 0.3) is 0 Å². The second kappa shape index (κ2) is 13.0. The Kier molecular flexibility index (Phi) is 10.6. The Morgan fingerprint density at radius 1 is 1.08 bits per heavy atom. The van der Waals surface area contributed by atoms with Gasteiger partial charge in [0, 0.05) is 49.9 Å². The molecule has 1 aliphatic rings. The van der Waals surface area contributed by atoms with Gasteiger partial charge in [-0.1, -0.05) is 11.6 Å². The normalized spacial score (nSPS) is 13.8. The topological polar surface area (TPSA) is 119 Å². The zero-order chi connectivity index (χ0) is 27.8. The molecular weight excluding hydrogens is 537 g/mol. The van der Waals surface area contributed by atoms with Crippen molar-refractivity contribution < 1.29 is 36.3 Å². The number of hydrogen-bond donors (Lipinski definition) is 3. The summed E-state index contributed by atoms with van der Waals surface area (Å²) in [4.78, 5) is 25.7. The summed E-state index contributed by atoms with van der Waals surface area (Å²) in [6.07, 6.45) is -5.08. The van der Waals surface area contributed by atoms with Crippen LogP contribution < -0.4 is 14.9 Å². The van der Waals surface area contributed by atoms with Crippen LogP contribution in [0, 0.1) is 0 Å². The molecular formula is C23H28ClF3N4O5S. The fraction of sp³-hybridized carbons (Fsp3) is 0.391. The maximum atomic E-state index is 13.0. The van der Waals surface area contributed by atoms with E-state index in [0.29, 0.717) is 29.4 Å². The van der Waals surface area contributed by atoms with Gasteiger partial charge in [0.1, 0.15) is 0 Å². The van der Waals surface area contributed by atoms with Gasteiger partial charge < -0.3 is 20.2 Å². The van der Waals surface area contributed by atoms with E-state index in [1.165, 1.54) is 24.3 Å². The Labute approximate surface area is 218 Å². The zero-order valence-electron chi connectivity index (χ0n) is 20.2. The number of alkyl halides is 3. The van der Waals surface area contributed by atoms with Crippen molar-refractivity contribution in [1.29, 1.82) is 0 Å². The second-order valence-corrected chi connectivity index (χ2v) is 9.93. The number of aliphatic carboxylic acids is 1. The van der Waals surface area contributed by atoms with Gasteiger partial charge in [0.2, 0.25) is 0 Å². The molecule has 0 aliphatic carbocycles. The number of nitrogens with one attached hydrogen (secondary N) is 2. The van der Waals surface area contributed by atoms with Gasteiger partial charge in [-0.2, -0.15) is 13.2 Å². The minimum atomic E-state index is -5.08. The van der Waals surface area contributed by atoms with Crippen molar-refractivity contribution in [2.75, 3.05) is 48.9 Å². The third-order valence-corrected chi connectivity index (χ3v) is 7.00. The highest BCUT2D eigenvalue weighted by atomic mass is 35.5. The standard InChI is InChI=1S/C21H27ClN4O3S.C2HF3O2/c1-3-25(4-2)21(27)16-5-10-20(26-13-11-23-12-14-26)19(15-16)24-30(28,29)18-8-6-17(22)7-9-18;3-2(4,5)1(6)7/h5-10,15,23-24H,3-4,11-14H2,1-2H3;(H,6,7). The summed E-state index contributed by atoms with van der Waals surface area (Å²) in [6, 6.07) is 11.2. The van der Waals surface area contributed by atoms with Gasteiger partial charge >= 0.3 is 12.1 Å². The molecule has 3 N–H and O–H groups in total. The van der Waals surface area contributed by atoms with E-state index in [4.69, 9.17) is 21.5 Å². The lowest BCUT2D eigenvalue weighted by Crippen LogP contribution is -2.43. The van der Waals surface area contributed by atoms with Crippen molar-refractivity contribution in [3.8, 4) is 0 Å². The summed E-state index contributed by atoms with van der Waals surface area (Å²) in [7, 11) is -3.84. The molecule has 1 fully saturated rings. The monoisotopic (exact) mass is 564 g/mol. The van der Waals surface area contributed by atoms with E-state index in [9.17, 15) is 26.4 Å². The largest absolute Gasteiger partial charge is 0.490 e. The Balaban J connectivity index is 0.000000604. The van der Waals surface area contributed by atoms with E-state index >= 15 is 0 Å². The molecule has 0 radical (unpaired) electrons. The average molecular weight is 565 g/mol. The molecule has 0 atom stereocenters. The molecule has 1 amide bonds. The van der Waals surface area contributed by atoms with Crippen LogP contribution in [-0.2, 0) is 14.8 Å². The number of anilines is 2. The quantitative estimate of drug-likeness (QED) is 0.469. The summed E-state index contributed by atoms with van der Waals surface area (Å²) in [5, 5.41) is 10.9. The number of hydrogen-bond acceptors (Lipinski definition) is 6. The summed E-state index contributed by atoms with van der Waals surface area (Å²) in [5.41, 5.74) is 1.60. The summed E-state index contributed by atoms with van der Waals surface area (Å²) < 4.78 is 60.4. The molecule has 3 rings (SSSR count). The molecule has 1 saturated heterocycles. The van der Waals surface area contributed by atoms with Gasteiger partial charge in [0.05, 0.1) is 16.3 Å². The molecule has 0 saturated carbocycles. The maximum absolute atomic E-state index is 13.0. The zero-order valence-corrected chi connectivity index (χ0v) is 21.8. The van der Waals surface area contributed by atoms with E-state index < -0.39 is 22.2 Å². The first-order valence-corrected chi connectivity index (χ1v) is 13.1. The van der Waals surface area contributed by atoms with Crippen LogP contribution in [0.4, 0.5) is 24.5 Å².